The molecule has 1 amide bonds. The van der Waals surface area contributed by atoms with E-state index in [1.165, 1.54) is 0 Å². The first-order valence-electron chi connectivity index (χ1n) is 10.5. The van der Waals surface area contributed by atoms with Crippen LogP contribution in [-0.2, 0) is 17.8 Å². The first kappa shape index (κ1) is 19.6. The number of carbonyl (C=O) groups excluding carboxylic acids is 1. The Balaban J connectivity index is 1.45. The zero-order chi connectivity index (χ0) is 21.9. The minimum Gasteiger partial charge on any atom is -0.507 e. The molecule has 3 aromatic rings. The highest BCUT2D eigenvalue weighted by atomic mass is 16.4. The molecular formula is C24H24N2O5. The van der Waals surface area contributed by atoms with Crippen LogP contribution in [0.5, 0.6) is 5.75 Å². The lowest BCUT2D eigenvalue weighted by molar-refractivity contribution is -0.133. The molecule has 5 rings (SSSR count). The van der Waals surface area contributed by atoms with Gasteiger partial charge in [-0.05, 0) is 55.5 Å². The Hall–Kier alpha value is -3.35. The summed E-state index contributed by atoms with van der Waals surface area (Å²) in [5.41, 5.74) is 2.41. The summed E-state index contributed by atoms with van der Waals surface area (Å²) < 4.78 is 7.26. The third kappa shape index (κ3) is 3.24. The summed E-state index contributed by atoms with van der Waals surface area (Å²) in [6.07, 6.45) is 0.885. The second-order valence-corrected chi connectivity index (χ2v) is 8.82. The minimum absolute atomic E-state index is 0.00594. The van der Waals surface area contributed by atoms with Crippen molar-refractivity contribution in [3.63, 3.8) is 0 Å². The molecule has 4 heterocycles. The van der Waals surface area contributed by atoms with Crippen LogP contribution in [0.15, 0.2) is 44.3 Å². The van der Waals surface area contributed by atoms with E-state index in [4.69, 9.17) is 4.42 Å². The average Bonchev–Trinajstić information content (AvgIpc) is 2.71. The smallest absolute Gasteiger partial charge is 0.340 e. The van der Waals surface area contributed by atoms with Crippen LogP contribution in [0, 0.1) is 19.8 Å². The molecule has 0 spiro atoms. The molecule has 2 aliphatic heterocycles. The van der Waals surface area contributed by atoms with Crippen molar-refractivity contribution < 1.29 is 14.3 Å². The molecule has 160 valence electrons. The molecular weight excluding hydrogens is 396 g/mol. The van der Waals surface area contributed by atoms with E-state index in [1.54, 1.807) is 36.1 Å². The molecule has 2 aliphatic rings. The molecule has 7 heteroatoms. The number of fused-ring (bicyclic) bond motifs is 5. The van der Waals surface area contributed by atoms with E-state index in [0.29, 0.717) is 36.2 Å². The topological polar surface area (TPSA) is 92.8 Å². The fraction of sp³-hybridized carbons (Fsp3) is 0.375. The lowest BCUT2D eigenvalue weighted by Crippen LogP contribution is -2.49. The lowest BCUT2D eigenvalue weighted by atomic mass is 9.83. The second kappa shape index (κ2) is 7.11. The summed E-state index contributed by atoms with van der Waals surface area (Å²) >= 11 is 0. The Bertz CT molecular complexity index is 1340. The second-order valence-electron chi connectivity index (χ2n) is 8.82. The fourth-order valence-corrected chi connectivity index (χ4v) is 5.23. The van der Waals surface area contributed by atoms with Crippen LogP contribution in [0.3, 0.4) is 0 Å². The van der Waals surface area contributed by atoms with Crippen LogP contribution >= 0.6 is 0 Å². The van der Waals surface area contributed by atoms with Crippen molar-refractivity contribution in [1.82, 2.24) is 9.47 Å². The van der Waals surface area contributed by atoms with Gasteiger partial charge in [0.15, 0.2) is 0 Å². The number of aromatic hydroxyl groups is 1. The van der Waals surface area contributed by atoms with Crippen molar-refractivity contribution in [2.75, 3.05) is 13.1 Å². The van der Waals surface area contributed by atoms with Crippen molar-refractivity contribution in [3.8, 4) is 5.75 Å². The minimum atomic E-state index is -0.544. The van der Waals surface area contributed by atoms with E-state index in [-0.39, 0.29) is 41.0 Å². The Morgan fingerprint density at radius 2 is 1.97 bits per heavy atom. The number of amides is 1. The number of pyridine rings is 1. The van der Waals surface area contributed by atoms with Gasteiger partial charge in [-0.3, -0.25) is 9.59 Å². The molecule has 31 heavy (non-hydrogen) atoms. The zero-order valence-electron chi connectivity index (χ0n) is 17.6. The molecule has 2 bridgehead atoms. The van der Waals surface area contributed by atoms with Crippen LogP contribution in [0.25, 0.3) is 11.0 Å². The molecule has 0 aliphatic carbocycles. The largest absolute Gasteiger partial charge is 0.507 e. The normalized spacial score (nSPS) is 20.0. The number of aromatic nitrogens is 1. The summed E-state index contributed by atoms with van der Waals surface area (Å²) in [6.45, 7) is 5.26. The van der Waals surface area contributed by atoms with Crippen LogP contribution in [0.4, 0.5) is 0 Å². The molecule has 2 aromatic heterocycles. The summed E-state index contributed by atoms with van der Waals surface area (Å²) in [4.78, 5) is 39.8. The molecule has 0 radical (unpaired) electrons. The number of benzene rings is 1. The Kier molecular flexibility index (Phi) is 4.50. The van der Waals surface area contributed by atoms with Crippen molar-refractivity contribution in [3.05, 3.63) is 73.5 Å². The molecule has 7 nitrogen and oxygen atoms in total. The summed E-state index contributed by atoms with van der Waals surface area (Å²) in [5, 5.41) is 10.8. The van der Waals surface area contributed by atoms with Crippen molar-refractivity contribution in [2.24, 2.45) is 5.92 Å². The first-order chi connectivity index (χ1) is 14.8. The van der Waals surface area contributed by atoms with Crippen LogP contribution in [0.2, 0.25) is 0 Å². The van der Waals surface area contributed by atoms with E-state index in [1.807, 2.05) is 17.6 Å². The van der Waals surface area contributed by atoms with E-state index in [2.05, 4.69) is 0 Å². The number of likely N-dealkylation sites (tertiary alicyclic amines) is 1. The van der Waals surface area contributed by atoms with Crippen molar-refractivity contribution in [1.29, 1.82) is 0 Å². The van der Waals surface area contributed by atoms with E-state index >= 15 is 0 Å². The maximum Gasteiger partial charge on any atom is 0.340 e. The molecule has 1 N–H and O–H groups in total. The maximum absolute atomic E-state index is 13.2. The highest BCUT2D eigenvalue weighted by Crippen LogP contribution is 2.35. The number of nitrogens with zero attached hydrogens (tertiary/aromatic N) is 2. The number of aryl methyl sites for hydroxylation is 2. The van der Waals surface area contributed by atoms with E-state index < -0.39 is 5.63 Å². The van der Waals surface area contributed by atoms with Gasteiger partial charge < -0.3 is 19.0 Å². The molecule has 2 atom stereocenters. The van der Waals surface area contributed by atoms with Gasteiger partial charge in [-0.1, -0.05) is 6.07 Å². The monoisotopic (exact) mass is 420 g/mol. The van der Waals surface area contributed by atoms with Crippen LogP contribution in [-0.4, -0.2) is 33.6 Å². The maximum atomic E-state index is 13.2. The van der Waals surface area contributed by atoms with Crippen molar-refractivity contribution >= 4 is 16.9 Å². The zero-order valence-corrected chi connectivity index (χ0v) is 17.6. The van der Waals surface area contributed by atoms with Gasteiger partial charge in [0, 0.05) is 37.3 Å². The fourth-order valence-electron chi connectivity index (χ4n) is 5.23. The number of phenols is 1. The Morgan fingerprint density at radius 3 is 2.77 bits per heavy atom. The Morgan fingerprint density at radius 1 is 1.16 bits per heavy atom. The number of hydrogen-bond donors (Lipinski definition) is 1. The molecule has 0 saturated carbocycles. The van der Waals surface area contributed by atoms with E-state index in [9.17, 15) is 19.5 Å². The van der Waals surface area contributed by atoms with Crippen LogP contribution in [0.1, 0.15) is 34.7 Å². The molecule has 1 aromatic carbocycles. The van der Waals surface area contributed by atoms with Gasteiger partial charge in [-0.2, -0.15) is 0 Å². The van der Waals surface area contributed by atoms with Gasteiger partial charge in [-0.25, -0.2) is 4.79 Å². The number of carbonyl (C=O) groups is 1. The third-order valence-electron chi connectivity index (χ3n) is 6.66. The van der Waals surface area contributed by atoms with Gasteiger partial charge in [0.05, 0.1) is 17.4 Å². The van der Waals surface area contributed by atoms with Gasteiger partial charge in [-0.15, -0.1) is 0 Å². The highest BCUT2D eigenvalue weighted by Gasteiger charge is 2.36. The molecule has 0 unspecified atom stereocenters. The van der Waals surface area contributed by atoms with Gasteiger partial charge in [0.2, 0.25) is 5.91 Å². The summed E-state index contributed by atoms with van der Waals surface area (Å²) in [5.74, 6) is 0.241. The third-order valence-corrected chi connectivity index (χ3v) is 6.66. The quantitative estimate of drug-likeness (QED) is 0.643. The summed E-state index contributed by atoms with van der Waals surface area (Å²) in [7, 11) is 0. The number of rotatable bonds is 2. The van der Waals surface area contributed by atoms with Crippen molar-refractivity contribution in [2.45, 2.75) is 39.2 Å². The number of hydrogen-bond acceptors (Lipinski definition) is 5. The predicted octanol–water partition coefficient (Wildman–Crippen LogP) is 2.47. The lowest BCUT2D eigenvalue weighted by Gasteiger charge is -2.42. The Labute approximate surface area is 178 Å². The van der Waals surface area contributed by atoms with Crippen LogP contribution < -0.4 is 11.2 Å². The molecule has 1 saturated heterocycles. The number of piperidine rings is 1. The van der Waals surface area contributed by atoms with Gasteiger partial charge >= 0.3 is 5.63 Å². The highest BCUT2D eigenvalue weighted by molar-refractivity contribution is 5.89. The first-order valence-corrected chi connectivity index (χ1v) is 10.5. The molecule has 1 fully saturated rings. The predicted molar refractivity (Wildman–Crippen MR) is 115 cm³/mol. The van der Waals surface area contributed by atoms with E-state index in [0.717, 1.165) is 17.7 Å². The standard InChI is InChI=1S/C24H24N2O5/c1-13-6-19(27)23-14(2)17(24(30)31-20(23)7-13)9-22(29)25-10-15-8-16(12-25)18-4-3-5-21(28)26(18)11-15/h3-7,15-16,27H,8-12H2,1-2H3/t15-,16+/m1/s1. The summed E-state index contributed by atoms with van der Waals surface area (Å²) in [6, 6.07) is 8.63. The van der Waals surface area contributed by atoms with Gasteiger partial charge in [0.25, 0.3) is 5.56 Å². The SMILES string of the molecule is Cc1cc(O)c2c(C)c(CC(=O)N3C[C@H]4C[C@@H](C3)c3cccc(=O)n3C4)c(=O)oc2c1. The number of phenolic OH excluding ortho intramolecular Hbond substituents is 1. The van der Waals surface area contributed by atoms with Gasteiger partial charge in [0.1, 0.15) is 11.3 Å². The average molecular weight is 420 g/mol.